The quantitative estimate of drug-likeness (QED) is 0.539. The van der Waals surface area contributed by atoms with Crippen LogP contribution in [0.15, 0.2) is 18.5 Å². The van der Waals surface area contributed by atoms with E-state index >= 15 is 0 Å². The molecule has 0 aromatic carbocycles. The first-order valence-corrected chi connectivity index (χ1v) is 8.95. The molecule has 0 radical (unpaired) electrons. The summed E-state index contributed by atoms with van der Waals surface area (Å²) in [5, 5.41) is 35.4. The molecule has 0 spiro atoms. The van der Waals surface area contributed by atoms with Crippen molar-refractivity contribution in [2.75, 3.05) is 18.9 Å². The van der Waals surface area contributed by atoms with Crippen molar-refractivity contribution in [1.82, 2.24) is 14.6 Å². The molecule has 3 aliphatic rings. The van der Waals surface area contributed by atoms with Gasteiger partial charge in [0.25, 0.3) is 0 Å². The molecule has 6 atom stereocenters. The van der Waals surface area contributed by atoms with E-state index in [2.05, 4.69) is 10.1 Å². The molecule has 2 aliphatic heterocycles. The van der Waals surface area contributed by atoms with E-state index in [1.807, 2.05) is 6.07 Å². The molecule has 2 aromatic rings. The predicted octanol–water partition coefficient (Wildman–Crippen LogP) is -0.939. The maximum atomic E-state index is 12.0. The van der Waals surface area contributed by atoms with Crippen molar-refractivity contribution in [3.63, 3.8) is 0 Å². The average molecular weight is 403 g/mol. The number of anilines is 1. The summed E-state index contributed by atoms with van der Waals surface area (Å²) in [4.78, 5) is 15.9. The van der Waals surface area contributed by atoms with Crippen molar-refractivity contribution in [2.24, 2.45) is 0 Å². The third-order valence-corrected chi connectivity index (χ3v) is 5.66. The molecule has 12 nitrogen and oxygen atoms in total. The summed E-state index contributed by atoms with van der Waals surface area (Å²) < 4.78 is 22.4. The third-order valence-electron chi connectivity index (χ3n) is 5.66. The smallest absolute Gasteiger partial charge is 0.428 e. The number of fused-ring (bicyclic) bond motifs is 2. The van der Waals surface area contributed by atoms with Gasteiger partial charge < -0.3 is 34.9 Å². The Labute approximate surface area is 163 Å². The van der Waals surface area contributed by atoms with Gasteiger partial charge in [-0.15, -0.1) is 0 Å². The zero-order valence-electron chi connectivity index (χ0n) is 15.0. The van der Waals surface area contributed by atoms with Crippen LogP contribution in [0.5, 0.6) is 0 Å². The molecule has 2 aromatic heterocycles. The molecule has 3 fully saturated rings. The summed E-state index contributed by atoms with van der Waals surface area (Å²) in [6.07, 6.45) is -3.82. The normalized spacial score (nSPS) is 37.8. The lowest BCUT2D eigenvalue weighted by Crippen LogP contribution is -2.36. The number of aromatic nitrogens is 3. The van der Waals surface area contributed by atoms with E-state index < -0.39 is 41.8 Å². The lowest BCUT2D eigenvalue weighted by Gasteiger charge is -2.22. The number of nitrogens with zero attached hydrogens (tertiary/aromatic N) is 4. The monoisotopic (exact) mass is 403 g/mol. The van der Waals surface area contributed by atoms with Gasteiger partial charge in [-0.1, -0.05) is 0 Å². The fourth-order valence-electron chi connectivity index (χ4n) is 4.07. The zero-order chi connectivity index (χ0) is 20.4. The van der Waals surface area contributed by atoms with Crippen molar-refractivity contribution in [2.45, 2.75) is 42.0 Å². The van der Waals surface area contributed by atoms with E-state index in [1.54, 1.807) is 12.1 Å². The number of aliphatic hydroxyl groups is 2. The summed E-state index contributed by atoms with van der Waals surface area (Å²) in [6, 6.07) is 5.05. The van der Waals surface area contributed by atoms with Crippen molar-refractivity contribution < 1.29 is 34.0 Å². The molecule has 2 saturated heterocycles. The number of aliphatic hydroxyl groups excluding tert-OH is 1. The van der Waals surface area contributed by atoms with Gasteiger partial charge in [-0.3, -0.25) is 0 Å². The van der Waals surface area contributed by atoms with Gasteiger partial charge in [-0.25, -0.2) is 14.3 Å². The second-order valence-corrected chi connectivity index (χ2v) is 7.21. The van der Waals surface area contributed by atoms with Crippen LogP contribution in [-0.4, -0.2) is 73.7 Å². The number of nitrogen functional groups attached to an aromatic ring is 1. The Morgan fingerprint density at radius 1 is 1.45 bits per heavy atom. The molecule has 5 rings (SSSR count). The van der Waals surface area contributed by atoms with Gasteiger partial charge in [0, 0.05) is 6.42 Å². The first kappa shape index (κ1) is 18.1. The molecule has 1 aliphatic carbocycles. The van der Waals surface area contributed by atoms with Crippen molar-refractivity contribution in [1.29, 1.82) is 5.26 Å². The van der Waals surface area contributed by atoms with Crippen LogP contribution in [0.1, 0.15) is 18.2 Å². The Bertz CT molecular complexity index is 1030. The Morgan fingerprint density at radius 3 is 2.97 bits per heavy atom. The second kappa shape index (κ2) is 6.01. The Morgan fingerprint density at radius 2 is 2.28 bits per heavy atom. The number of carbonyl (C=O) groups is 1. The van der Waals surface area contributed by atoms with E-state index in [-0.39, 0.29) is 12.4 Å². The van der Waals surface area contributed by atoms with Gasteiger partial charge >= 0.3 is 6.16 Å². The maximum Gasteiger partial charge on any atom is 0.509 e. The van der Waals surface area contributed by atoms with Gasteiger partial charge in [0.1, 0.15) is 36.2 Å². The Balaban J connectivity index is 1.38. The zero-order valence-corrected chi connectivity index (χ0v) is 15.0. The van der Waals surface area contributed by atoms with Crippen LogP contribution in [0, 0.1) is 11.3 Å². The molecular formula is C17H17N5O7. The number of nitriles is 1. The topological polar surface area (TPSA) is 174 Å². The minimum absolute atomic E-state index is 0.220. The van der Waals surface area contributed by atoms with Crippen LogP contribution in [0.2, 0.25) is 0 Å². The molecule has 4 heterocycles. The lowest BCUT2D eigenvalue weighted by atomic mass is 10.0. The summed E-state index contributed by atoms with van der Waals surface area (Å²) in [6.45, 7) is 0.719. The second-order valence-electron chi connectivity index (χ2n) is 7.21. The van der Waals surface area contributed by atoms with E-state index in [0.717, 1.165) is 0 Å². The summed E-state index contributed by atoms with van der Waals surface area (Å²) in [5.74, 6) is 0.220. The first-order chi connectivity index (χ1) is 13.9. The standard InChI is InChI=1S/C17H17N5O7/c18-6-16-14(28-15(24)27-8-3-4-26-5-8)17(16,25)12(23)11(29-16)9-1-2-10-13(19)20-7-21-22(9)10/h1-2,7-8,11-12,14,23,25H,3-5H2,(H2,19,20,21)/t8-,11-,12-,14?,16+,17+/m0/s1. The van der Waals surface area contributed by atoms with E-state index in [1.165, 1.54) is 10.8 Å². The SMILES string of the molecule is N#C[C@]12O[C@@H](c3ccc4c(N)ncnn34)[C@H](O)[C@@]1(O)C2OC(=O)O[C@H]1CCOC1. The molecule has 0 amide bonds. The molecule has 29 heavy (non-hydrogen) atoms. The number of hydrogen-bond acceptors (Lipinski definition) is 11. The fourth-order valence-corrected chi connectivity index (χ4v) is 4.07. The third kappa shape index (κ3) is 2.29. The Kier molecular flexibility index (Phi) is 3.74. The van der Waals surface area contributed by atoms with E-state index in [9.17, 15) is 20.3 Å². The lowest BCUT2D eigenvalue weighted by molar-refractivity contribution is -0.0895. The van der Waals surface area contributed by atoms with Crippen LogP contribution in [0.4, 0.5) is 10.6 Å². The minimum Gasteiger partial charge on any atom is -0.428 e. The Hall–Kier alpha value is -2.98. The highest BCUT2D eigenvalue weighted by Crippen LogP contribution is 2.64. The van der Waals surface area contributed by atoms with Gasteiger partial charge in [-0.2, -0.15) is 10.4 Å². The van der Waals surface area contributed by atoms with Crippen LogP contribution in [0.25, 0.3) is 5.52 Å². The number of ether oxygens (including phenoxy) is 4. The highest BCUT2D eigenvalue weighted by molar-refractivity contribution is 5.66. The molecular weight excluding hydrogens is 386 g/mol. The molecule has 4 N–H and O–H groups in total. The van der Waals surface area contributed by atoms with Gasteiger partial charge in [0.15, 0.2) is 17.5 Å². The van der Waals surface area contributed by atoms with Crippen molar-refractivity contribution in [3.05, 3.63) is 24.2 Å². The van der Waals surface area contributed by atoms with Crippen molar-refractivity contribution in [3.8, 4) is 6.07 Å². The average Bonchev–Trinajstić information content (AvgIpc) is 3.21. The van der Waals surface area contributed by atoms with Gasteiger partial charge in [0.05, 0.1) is 18.9 Å². The van der Waals surface area contributed by atoms with Crippen LogP contribution < -0.4 is 5.73 Å². The van der Waals surface area contributed by atoms with E-state index in [4.69, 9.17) is 24.7 Å². The number of carbonyl (C=O) groups excluding carboxylic acids is 1. The maximum absolute atomic E-state index is 12.0. The molecule has 1 saturated carbocycles. The number of rotatable bonds is 3. The number of nitrogens with two attached hydrogens (primary N) is 1. The van der Waals surface area contributed by atoms with Gasteiger partial charge in [0.2, 0.25) is 5.60 Å². The highest BCUT2D eigenvalue weighted by Gasteiger charge is 2.91. The molecule has 152 valence electrons. The fraction of sp³-hybridized carbons (Fsp3) is 0.529. The van der Waals surface area contributed by atoms with E-state index in [0.29, 0.717) is 24.2 Å². The van der Waals surface area contributed by atoms with Gasteiger partial charge in [-0.05, 0) is 12.1 Å². The molecule has 0 bridgehead atoms. The van der Waals surface area contributed by atoms with Crippen LogP contribution in [0.3, 0.4) is 0 Å². The molecule has 1 unspecified atom stereocenters. The summed E-state index contributed by atoms with van der Waals surface area (Å²) >= 11 is 0. The first-order valence-electron chi connectivity index (χ1n) is 8.95. The van der Waals surface area contributed by atoms with Crippen LogP contribution in [-0.2, 0) is 18.9 Å². The predicted molar refractivity (Wildman–Crippen MR) is 91.1 cm³/mol. The summed E-state index contributed by atoms with van der Waals surface area (Å²) in [5.41, 5.74) is 2.61. The van der Waals surface area contributed by atoms with Crippen molar-refractivity contribution >= 4 is 17.5 Å². The summed E-state index contributed by atoms with van der Waals surface area (Å²) in [7, 11) is 0. The number of hydrogen-bond donors (Lipinski definition) is 3. The largest absolute Gasteiger partial charge is 0.509 e. The molecule has 12 heteroatoms. The van der Waals surface area contributed by atoms with Crippen LogP contribution >= 0.6 is 0 Å². The minimum atomic E-state index is -2.11. The highest BCUT2D eigenvalue weighted by atomic mass is 16.8.